The second-order valence-electron chi connectivity index (χ2n) is 9.19. The van der Waals surface area contributed by atoms with Gasteiger partial charge in [-0.25, -0.2) is 4.39 Å². The number of hydrogen-bond acceptors (Lipinski definition) is 5. The summed E-state index contributed by atoms with van der Waals surface area (Å²) < 4.78 is 82.4. The van der Waals surface area contributed by atoms with E-state index in [-0.39, 0.29) is 16.9 Å². The van der Waals surface area contributed by atoms with Gasteiger partial charge in [0.1, 0.15) is 11.8 Å². The zero-order chi connectivity index (χ0) is 26.4. The molecule has 1 aromatic heterocycles. The Labute approximate surface area is 203 Å². The van der Waals surface area contributed by atoms with Gasteiger partial charge < -0.3 is 20.5 Å². The van der Waals surface area contributed by atoms with Crippen molar-refractivity contribution in [3.63, 3.8) is 0 Å². The van der Waals surface area contributed by atoms with Crippen molar-refractivity contribution in [2.75, 3.05) is 5.32 Å². The van der Waals surface area contributed by atoms with Crippen molar-refractivity contribution in [3.05, 3.63) is 53.4 Å². The number of benzene rings is 1. The van der Waals surface area contributed by atoms with Gasteiger partial charge in [-0.1, -0.05) is 13.0 Å². The number of hydrogen-bond donors (Lipinski definition) is 2. The van der Waals surface area contributed by atoms with Crippen LogP contribution < -0.4 is 15.8 Å². The number of carbonyl (C=O) groups excluding carboxylic acids is 2. The molecule has 1 aromatic carbocycles. The third-order valence-corrected chi connectivity index (χ3v) is 6.98. The molecule has 0 radical (unpaired) electrons. The maximum atomic E-state index is 14.9. The molecule has 12 heteroatoms. The molecule has 194 valence electrons. The van der Waals surface area contributed by atoms with E-state index in [0.717, 1.165) is 31.5 Å². The molecular weight excluding hydrogens is 489 g/mol. The Morgan fingerprint density at radius 2 is 1.92 bits per heavy atom. The van der Waals surface area contributed by atoms with Gasteiger partial charge in [0, 0.05) is 29.3 Å². The number of amides is 2. The van der Waals surface area contributed by atoms with Crippen LogP contribution in [-0.2, 0) is 9.53 Å². The molecule has 2 heterocycles. The largest absolute Gasteiger partial charge is 0.487 e. The van der Waals surface area contributed by atoms with E-state index in [1.807, 2.05) is 0 Å². The minimum atomic E-state index is -4.89. The summed E-state index contributed by atoms with van der Waals surface area (Å²) in [6.07, 6.45) is -3.89. The summed E-state index contributed by atoms with van der Waals surface area (Å²) in [6.45, 7) is 2.04. The van der Waals surface area contributed by atoms with Crippen LogP contribution in [0.1, 0.15) is 55.1 Å². The standard InChI is InChI=1S/C24H24F5N3O4/c1-11-17(14-6-7-15(25)18(26)19(14)35-13-4-3-5-13)20(36-23(11,2)24(27,28)29)22(34)32-12-8-9-31-16(10-12)21(30)33/h6-11,13,17,20H,3-5H2,1-2H3,(H2,30,33)(H,31,32,34)/t11-,17-,20-,23-/m1/s1. The van der Waals surface area contributed by atoms with Gasteiger partial charge >= 0.3 is 6.18 Å². The molecule has 1 saturated carbocycles. The van der Waals surface area contributed by atoms with Crippen molar-refractivity contribution in [2.45, 2.75) is 63.0 Å². The van der Waals surface area contributed by atoms with Gasteiger partial charge in [0.15, 0.2) is 17.2 Å². The second kappa shape index (κ2) is 9.30. The molecule has 2 amide bonds. The molecule has 2 fully saturated rings. The van der Waals surface area contributed by atoms with Crippen molar-refractivity contribution in [1.29, 1.82) is 0 Å². The van der Waals surface area contributed by atoms with Crippen LogP contribution >= 0.6 is 0 Å². The first-order valence-electron chi connectivity index (χ1n) is 11.3. The number of primary amides is 1. The van der Waals surface area contributed by atoms with Crippen LogP contribution in [0, 0.1) is 17.6 Å². The van der Waals surface area contributed by atoms with Gasteiger partial charge in [-0.15, -0.1) is 0 Å². The summed E-state index contributed by atoms with van der Waals surface area (Å²) in [5, 5.41) is 2.41. The normalized spacial score (nSPS) is 26.4. The average molecular weight is 513 g/mol. The van der Waals surface area contributed by atoms with Gasteiger partial charge in [-0.05, 0) is 44.4 Å². The summed E-state index contributed by atoms with van der Waals surface area (Å²) in [7, 11) is 0. The van der Waals surface area contributed by atoms with E-state index in [2.05, 4.69) is 10.3 Å². The maximum absolute atomic E-state index is 14.9. The average Bonchev–Trinajstić information content (AvgIpc) is 3.05. The summed E-state index contributed by atoms with van der Waals surface area (Å²) >= 11 is 0. The predicted octanol–water partition coefficient (Wildman–Crippen LogP) is 4.47. The first kappa shape index (κ1) is 25.8. The summed E-state index contributed by atoms with van der Waals surface area (Å²) in [4.78, 5) is 28.4. The van der Waals surface area contributed by atoms with Gasteiger partial charge in [-0.3, -0.25) is 14.6 Å². The molecule has 1 aliphatic heterocycles. The Balaban J connectivity index is 1.76. The van der Waals surface area contributed by atoms with Crippen molar-refractivity contribution in [1.82, 2.24) is 4.98 Å². The smallest absolute Gasteiger partial charge is 0.417 e. The SMILES string of the molecule is C[C@@H]1[C@H](c2ccc(F)c(F)c2OC2CCC2)[C@H](C(=O)Nc2ccnc(C(N)=O)c2)O[C@@]1(C)C(F)(F)F. The molecule has 4 atom stereocenters. The highest BCUT2D eigenvalue weighted by Crippen LogP contribution is 2.55. The van der Waals surface area contributed by atoms with Gasteiger partial charge in [-0.2, -0.15) is 17.6 Å². The summed E-state index contributed by atoms with van der Waals surface area (Å²) in [5.74, 6) is -7.69. The Kier molecular flexibility index (Phi) is 6.67. The number of aromatic nitrogens is 1. The van der Waals surface area contributed by atoms with Gasteiger partial charge in [0.25, 0.3) is 11.8 Å². The fourth-order valence-corrected chi connectivity index (χ4v) is 4.46. The lowest BCUT2D eigenvalue weighted by Gasteiger charge is -2.32. The molecule has 7 nitrogen and oxygen atoms in total. The lowest BCUT2D eigenvalue weighted by Crippen LogP contribution is -2.47. The fourth-order valence-electron chi connectivity index (χ4n) is 4.46. The van der Waals surface area contributed by atoms with Crippen molar-refractivity contribution in [3.8, 4) is 5.75 Å². The summed E-state index contributed by atoms with van der Waals surface area (Å²) in [5.41, 5.74) is 2.16. The maximum Gasteiger partial charge on any atom is 0.417 e. The molecule has 3 N–H and O–H groups in total. The van der Waals surface area contributed by atoms with Crippen LogP contribution in [0.25, 0.3) is 0 Å². The molecule has 0 bridgehead atoms. The lowest BCUT2D eigenvalue weighted by atomic mass is 9.76. The van der Waals surface area contributed by atoms with Crippen molar-refractivity contribution in [2.24, 2.45) is 11.7 Å². The van der Waals surface area contributed by atoms with E-state index in [9.17, 15) is 31.5 Å². The highest BCUT2D eigenvalue weighted by atomic mass is 19.4. The first-order chi connectivity index (χ1) is 16.8. The minimum Gasteiger partial charge on any atom is -0.487 e. The third kappa shape index (κ3) is 4.49. The van der Waals surface area contributed by atoms with E-state index in [1.54, 1.807) is 0 Å². The number of anilines is 1. The van der Waals surface area contributed by atoms with Crippen LogP contribution in [0.5, 0.6) is 5.75 Å². The Hall–Kier alpha value is -3.28. The quantitative estimate of drug-likeness (QED) is 0.555. The van der Waals surface area contributed by atoms with Gasteiger partial charge in [0.2, 0.25) is 5.82 Å². The first-order valence-corrected chi connectivity index (χ1v) is 11.3. The van der Waals surface area contributed by atoms with Crippen LogP contribution in [-0.4, -0.2) is 40.8 Å². The molecule has 1 saturated heterocycles. The molecule has 0 spiro atoms. The highest BCUT2D eigenvalue weighted by molar-refractivity contribution is 5.97. The molecular formula is C24H24F5N3O4. The second-order valence-corrected chi connectivity index (χ2v) is 9.19. The summed E-state index contributed by atoms with van der Waals surface area (Å²) in [6, 6.07) is 4.37. The van der Waals surface area contributed by atoms with E-state index in [0.29, 0.717) is 12.8 Å². The molecule has 36 heavy (non-hydrogen) atoms. The number of nitrogens with one attached hydrogen (secondary N) is 1. The fraction of sp³-hybridized carbons (Fsp3) is 0.458. The number of nitrogens with two attached hydrogens (primary N) is 1. The third-order valence-electron chi connectivity index (χ3n) is 6.98. The Morgan fingerprint density at radius 3 is 2.50 bits per heavy atom. The highest BCUT2D eigenvalue weighted by Gasteiger charge is 2.66. The molecule has 0 unspecified atom stereocenters. The zero-order valence-corrected chi connectivity index (χ0v) is 19.4. The van der Waals surface area contributed by atoms with Crippen LogP contribution in [0.4, 0.5) is 27.6 Å². The Bertz CT molecular complexity index is 1190. The molecule has 2 aliphatic rings. The van der Waals surface area contributed by atoms with E-state index in [4.69, 9.17) is 15.2 Å². The number of ether oxygens (including phenoxy) is 2. The van der Waals surface area contributed by atoms with Crippen molar-refractivity contribution < 1.29 is 41.0 Å². The molecule has 4 rings (SSSR count). The topological polar surface area (TPSA) is 104 Å². The minimum absolute atomic E-state index is 0.0376. The van der Waals surface area contributed by atoms with Crippen molar-refractivity contribution >= 4 is 17.5 Å². The number of nitrogens with zero attached hydrogens (tertiary/aromatic N) is 1. The molecule has 2 aromatic rings. The number of rotatable bonds is 6. The zero-order valence-electron chi connectivity index (χ0n) is 19.4. The van der Waals surface area contributed by atoms with Crippen LogP contribution in [0.3, 0.4) is 0 Å². The molecule has 1 aliphatic carbocycles. The van der Waals surface area contributed by atoms with E-state index >= 15 is 0 Å². The number of pyridine rings is 1. The number of halogens is 5. The van der Waals surface area contributed by atoms with E-state index in [1.165, 1.54) is 19.2 Å². The van der Waals surface area contributed by atoms with Crippen LogP contribution in [0.15, 0.2) is 30.5 Å². The number of carbonyl (C=O) groups is 2. The van der Waals surface area contributed by atoms with Gasteiger partial charge in [0.05, 0.1) is 6.10 Å². The monoisotopic (exact) mass is 513 g/mol. The van der Waals surface area contributed by atoms with E-state index < -0.39 is 65.0 Å². The lowest BCUT2D eigenvalue weighted by molar-refractivity contribution is -0.272. The van der Waals surface area contributed by atoms with Crippen LogP contribution in [0.2, 0.25) is 0 Å². The number of alkyl halides is 3. The Morgan fingerprint density at radius 1 is 1.22 bits per heavy atom. The predicted molar refractivity (Wildman–Crippen MR) is 117 cm³/mol.